The molecule has 3 aromatic rings. The predicted octanol–water partition coefficient (Wildman–Crippen LogP) is 5.40. The molecule has 1 aliphatic rings. The van der Waals surface area contributed by atoms with E-state index in [1.165, 1.54) is 0 Å². The van der Waals surface area contributed by atoms with E-state index in [4.69, 9.17) is 30.2 Å². The average Bonchev–Trinajstić information content (AvgIpc) is 3.58. The highest BCUT2D eigenvalue weighted by molar-refractivity contribution is 6.30. The van der Waals surface area contributed by atoms with E-state index < -0.39 is 0 Å². The molecule has 0 atom stereocenters. The van der Waals surface area contributed by atoms with Crippen LogP contribution in [0.2, 0.25) is 5.02 Å². The van der Waals surface area contributed by atoms with Gasteiger partial charge in [0.2, 0.25) is 23.4 Å². The number of carbonyl (C=O) groups excluding carboxylic acids is 1. The Hall–Kier alpha value is -3.52. The van der Waals surface area contributed by atoms with Crippen LogP contribution in [0, 0.1) is 0 Å². The zero-order valence-corrected chi connectivity index (χ0v) is 20.7. The first kappa shape index (κ1) is 24.6. The SMILES string of the molecule is COc1cc(/C=C/C(=O)N(Cc2nnc(-c3ccc(Cl)cc3)o2)C2CCCC2)cc(OC)c1OC. The molecule has 1 amide bonds. The third-order valence-electron chi connectivity index (χ3n) is 6.02. The lowest BCUT2D eigenvalue weighted by Gasteiger charge is -2.26. The molecule has 0 spiro atoms. The monoisotopic (exact) mass is 497 g/mol. The van der Waals surface area contributed by atoms with Gasteiger partial charge in [-0.05, 0) is 60.9 Å². The van der Waals surface area contributed by atoms with Crippen molar-refractivity contribution in [2.75, 3.05) is 21.3 Å². The standard InChI is InChI=1S/C26H28ClN3O5/c1-32-21-14-17(15-22(33-2)25(21)34-3)8-13-24(31)30(20-6-4-5-7-20)16-23-28-29-26(35-23)18-9-11-19(27)12-10-18/h8-15,20H,4-7,16H2,1-3H3/b13-8+. The van der Waals surface area contributed by atoms with Crippen LogP contribution in [-0.4, -0.2) is 48.4 Å². The van der Waals surface area contributed by atoms with Crippen molar-refractivity contribution in [3.8, 4) is 28.7 Å². The van der Waals surface area contributed by atoms with Crippen LogP contribution in [0.5, 0.6) is 17.2 Å². The number of hydrogen-bond donors (Lipinski definition) is 0. The van der Waals surface area contributed by atoms with Crippen molar-refractivity contribution in [2.45, 2.75) is 38.3 Å². The summed E-state index contributed by atoms with van der Waals surface area (Å²) in [5, 5.41) is 8.95. The molecule has 4 rings (SSSR count). The minimum Gasteiger partial charge on any atom is -0.493 e. The molecule has 0 unspecified atom stereocenters. The Morgan fingerprint density at radius 2 is 1.71 bits per heavy atom. The topological polar surface area (TPSA) is 86.9 Å². The molecule has 1 aliphatic carbocycles. The minimum atomic E-state index is -0.128. The number of rotatable bonds is 9. The number of carbonyl (C=O) groups is 1. The van der Waals surface area contributed by atoms with Crippen molar-refractivity contribution < 1.29 is 23.4 Å². The van der Waals surface area contributed by atoms with Gasteiger partial charge in [0.05, 0.1) is 27.9 Å². The summed E-state index contributed by atoms with van der Waals surface area (Å²) in [6, 6.07) is 10.9. The molecule has 35 heavy (non-hydrogen) atoms. The molecule has 1 aromatic heterocycles. The van der Waals surface area contributed by atoms with Crippen LogP contribution in [-0.2, 0) is 11.3 Å². The van der Waals surface area contributed by atoms with Gasteiger partial charge in [0.1, 0.15) is 0 Å². The number of halogens is 1. The maximum Gasteiger partial charge on any atom is 0.247 e. The van der Waals surface area contributed by atoms with Crippen molar-refractivity contribution >= 4 is 23.6 Å². The van der Waals surface area contributed by atoms with Gasteiger partial charge in [0.15, 0.2) is 11.5 Å². The zero-order valence-electron chi connectivity index (χ0n) is 20.0. The Kier molecular flexibility index (Phi) is 7.92. The van der Waals surface area contributed by atoms with Crippen LogP contribution in [0.15, 0.2) is 46.9 Å². The average molecular weight is 498 g/mol. The van der Waals surface area contributed by atoms with Crippen LogP contribution in [0.4, 0.5) is 0 Å². The molecule has 0 N–H and O–H groups in total. The number of methoxy groups -OCH3 is 3. The molecule has 0 aliphatic heterocycles. The van der Waals surface area contributed by atoms with Crippen LogP contribution >= 0.6 is 11.6 Å². The quantitative estimate of drug-likeness (QED) is 0.366. The van der Waals surface area contributed by atoms with E-state index in [1.807, 2.05) is 12.1 Å². The molecule has 0 radical (unpaired) electrons. The Labute approximate surface area is 209 Å². The van der Waals surface area contributed by atoms with Crippen LogP contribution < -0.4 is 14.2 Å². The second kappa shape index (κ2) is 11.3. The van der Waals surface area contributed by atoms with Gasteiger partial charge in [-0.2, -0.15) is 0 Å². The van der Waals surface area contributed by atoms with Crippen molar-refractivity contribution in [3.63, 3.8) is 0 Å². The van der Waals surface area contributed by atoms with E-state index in [0.717, 1.165) is 36.8 Å². The van der Waals surface area contributed by atoms with Crippen molar-refractivity contribution in [1.82, 2.24) is 15.1 Å². The molecular formula is C26H28ClN3O5. The molecule has 1 saturated carbocycles. The second-order valence-corrected chi connectivity index (χ2v) is 8.64. The molecule has 1 heterocycles. The molecule has 0 saturated heterocycles. The van der Waals surface area contributed by atoms with Gasteiger partial charge >= 0.3 is 0 Å². The summed E-state index contributed by atoms with van der Waals surface area (Å²) in [7, 11) is 4.66. The van der Waals surface area contributed by atoms with E-state index >= 15 is 0 Å². The van der Waals surface area contributed by atoms with Crippen LogP contribution in [0.25, 0.3) is 17.5 Å². The van der Waals surface area contributed by atoms with Gasteiger partial charge in [0, 0.05) is 22.7 Å². The smallest absolute Gasteiger partial charge is 0.247 e. The van der Waals surface area contributed by atoms with Gasteiger partial charge in [-0.1, -0.05) is 24.4 Å². The predicted molar refractivity (Wildman–Crippen MR) is 133 cm³/mol. The van der Waals surface area contributed by atoms with Gasteiger partial charge in [-0.3, -0.25) is 4.79 Å². The number of aromatic nitrogens is 2. The lowest BCUT2D eigenvalue weighted by atomic mass is 10.1. The minimum absolute atomic E-state index is 0.123. The summed E-state index contributed by atoms with van der Waals surface area (Å²) in [5.41, 5.74) is 1.52. The van der Waals surface area contributed by atoms with E-state index in [1.54, 1.807) is 62.6 Å². The fraction of sp³-hybridized carbons (Fsp3) is 0.346. The molecule has 184 valence electrons. The maximum absolute atomic E-state index is 13.3. The lowest BCUT2D eigenvalue weighted by molar-refractivity contribution is -0.129. The normalized spacial score (nSPS) is 13.8. The highest BCUT2D eigenvalue weighted by Crippen LogP contribution is 2.38. The maximum atomic E-state index is 13.3. The summed E-state index contributed by atoms with van der Waals surface area (Å²) in [4.78, 5) is 15.1. The Balaban J connectivity index is 1.54. The molecule has 0 bridgehead atoms. The number of nitrogens with zero attached hydrogens (tertiary/aromatic N) is 3. The molecular weight excluding hydrogens is 470 g/mol. The van der Waals surface area contributed by atoms with Crippen molar-refractivity contribution in [3.05, 3.63) is 59.0 Å². The van der Waals surface area contributed by atoms with Gasteiger partial charge in [0.25, 0.3) is 0 Å². The van der Waals surface area contributed by atoms with Crippen LogP contribution in [0.3, 0.4) is 0 Å². The molecule has 9 heteroatoms. The fourth-order valence-electron chi connectivity index (χ4n) is 4.24. The number of ether oxygens (including phenoxy) is 3. The largest absolute Gasteiger partial charge is 0.493 e. The second-order valence-electron chi connectivity index (χ2n) is 8.20. The van der Waals surface area contributed by atoms with Crippen molar-refractivity contribution in [2.24, 2.45) is 0 Å². The van der Waals surface area contributed by atoms with Crippen molar-refractivity contribution in [1.29, 1.82) is 0 Å². The molecule has 1 fully saturated rings. The first-order chi connectivity index (χ1) is 17.0. The highest BCUT2D eigenvalue weighted by atomic mass is 35.5. The molecule has 2 aromatic carbocycles. The summed E-state index contributed by atoms with van der Waals surface area (Å²) in [5.74, 6) is 2.19. The first-order valence-corrected chi connectivity index (χ1v) is 11.8. The lowest BCUT2D eigenvalue weighted by Crippen LogP contribution is -2.37. The summed E-state index contributed by atoms with van der Waals surface area (Å²) < 4.78 is 22.1. The summed E-state index contributed by atoms with van der Waals surface area (Å²) in [6.07, 6.45) is 7.36. The van der Waals surface area contributed by atoms with Gasteiger partial charge in [-0.15, -0.1) is 10.2 Å². The highest BCUT2D eigenvalue weighted by Gasteiger charge is 2.27. The third-order valence-corrected chi connectivity index (χ3v) is 6.27. The van der Waals surface area contributed by atoms with E-state index in [9.17, 15) is 4.79 Å². The van der Waals surface area contributed by atoms with Gasteiger partial charge in [-0.25, -0.2) is 0 Å². The van der Waals surface area contributed by atoms with E-state index in [0.29, 0.717) is 34.1 Å². The summed E-state index contributed by atoms with van der Waals surface area (Å²) >= 11 is 5.97. The number of benzene rings is 2. The van der Waals surface area contributed by atoms with Crippen LogP contribution in [0.1, 0.15) is 37.1 Å². The first-order valence-electron chi connectivity index (χ1n) is 11.4. The summed E-state index contributed by atoms with van der Waals surface area (Å²) in [6.45, 7) is 0.240. The van der Waals surface area contributed by atoms with Gasteiger partial charge < -0.3 is 23.5 Å². The Bertz CT molecular complexity index is 1160. The number of amides is 1. The zero-order chi connectivity index (χ0) is 24.8. The van der Waals surface area contributed by atoms with E-state index in [-0.39, 0.29) is 18.5 Å². The molecule has 8 nitrogen and oxygen atoms in total. The van der Waals surface area contributed by atoms with E-state index in [2.05, 4.69) is 10.2 Å². The fourth-order valence-corrected chi connectivity index (χ4v) is 4.36. The third kappa shape index (κ3) is 5.77. The number of hydrogen-bond acceptors (Lipinski definition) is 7. The Morgan fingerprint density at radius 1 is 1.06 bits per heavy atom. The Morgan fingerprint density at radius 3 is 2.31 bits per heavy atom.